The van der Waals surface area contributed by atoms with Crippen LogP contribution < -0.4 is 26.2 Å². The maximum absolute atomic E-state index is 10.7. The molecule has 2 aromatic heterocycles. The van der Waals surface area contributed by atoms with Crippen molar-refractivity contribution in [1.29, 1.82) is 0 Å². The highest BCUT2D eigenvalue weighted by Gasteiger charge is 2.47. The number of rotatable bonds is 17. The number of hydrogen-bond acceptors (Lipinski definition) is 2. The molecular weight excluding hydrogens is 1540 g/mol. The predicted molar refractivity (Wildman–Crippen MR) is 559 cm³/mol. The quantitative estimate of drug-likeness (QED) is 0.0845. The van der Waals surface area contributed by atoms with E-state index in [1.54, 1.807) is 24.3 Å². The second-order valence-electron chi connectivity index (χ2n) is 47.0. The topological polar surface area (TPSA) is 16.3 Å². The maximum Gasteiger partial charge on any atom is 0.252 e. The smallest absolute Gasteiger partial charge is 0.252 e. The third-order valence-electron chi connectivity index (χ3n) is 23.8. The zero-order valence-corrected chi connectivity index (χ0v) is 81.0. The molecule has 4 heterocycles. The molecule has 0 saturated heterocycles. The van der Waals surface area contributed by atoms with Crippen LogP contribution in [-0.4, -0.2) is 15.8 Å². The highest BCUT2D eigenvalue weighted by molar-refractivity contribution is 7.00. The van der Waals surface area contributed by atoms with Crippen LogP contribution in [0.1, 0.15) is 259 Å². The molecule has 0 saturated carbocycles. The van der Waals surface area contributed by atoms with Crippen LogP contribution in [0.4, 0.5) is 34.1 Å². The van der Waals surface area contributed by atoms with E-state index in [2.05, 4.69) is 271 Å². The van der Waals surface area contributed by atoms with Gasteiger partial charge in [-0.15, -0.1) is 0 Å². The van der Waals surface area contributed by atoms with Crippen molar-refractivity contribution in [2.24, 2.45) is 48.7 Å². The lowest BCUT2D eigenvalue weighted by Crippen LogP contribution is -2.61. The summed E-state index contributed by atoms with van der Waals surface area (Å²) in [6, 6.07) is 68.7. The van der Waals surface area contributed by atoms with Crippen LogP contribution in [0.15, 0.2) is 255 Å². The summed E-state index contributed by atoms with van der Waals surface area (Å²) < 4.78 is 165. The fourth-order valence-corrected chi connectivity index (χ4v) is 20.0. The Hall–Kier alpha value is -10.9. The van der Waals surface area contributed by atoms with Gasteiger partial charge in [-0.2, -0.15) is 0 Å². The van der Waals surface area contributed by atoms with Gasteiger partial charge in [0.05, 0.1) is 44.4 Å². The molecule has 0 fully saturated rings. The van der Waals surface area contributed by atoms with Crippen molar-refractivity contribution >= 4 is 101 Å². The van der Waals surface area contributed by atoms with Gasteiger partial charge >= 0.3 is 0 Å². The molecule has 17 rings (SSSR count). The Morgan fingerprint density at radius 3 is 0.852 bits per heavy atom. The van der Waals surface area contributed by atoms with Gasteiger partial charge in [-0.25, -0.2) is 0 Å². The number of hydrogen-bond donors (Lipinski definition) is 0. The summed E-state index contributed by atoms with van der Waals surface area (Å²) in [7, 11) is 0. The van der Waals surface area contributed by atoms with Crippen molar-refractivity contribution in [2.75, 3.05) is 9.80 Å². The Balaban J connectivity index is 1.14. The zero-order valence-electron chi connectivity index (χ0n) is 97.0. The summed E-state index contributed by atoms with van der Waals surface area (Å²) in [5, 5.41) is 1.32. The van der Waals surface area contributed by atoms with E-state index in [1.165, 1.54) is 0 Å². The van der Waals surface area contributed by atoms with Crippen molar-refractivity contribution in [3.63, 3.8) is 0 Å². The molecule has 2 aliphatic heterocycles. The van der Waals surface area contributed by atoms with Gasteiger partial charge in [0, 0.05) is 88.9 Å². The Morgan fingerprint density at radius 2 is 0.547 bits per heavy atom. The summed E-state index contributed by atoms with van der Waals surface area (Å²) in [4.78, 5) is 4.86. The van der Waals surface area contributed by atoms with E-state index in [9.17, 15) is 21.9 Å². The van der Waals surface area contributed by atoms with Gasteiger partial charge < -0.3 is 18.9 Å². The first-order valence-corrected chi connectivity index (χ1v) is 46.3. The first-order valence-electron chi connectivity index (χ1n) is 54.3. The van der Waals surface area contributed by atoms with E-state index < -0.39 is 83.4 Å². The minimum absolute atomic E-state index is 0.178. The normalized spacial score (nSPS) is 15.9. The van der Waals surface area contributed by atoms with Crippen molar-refractivity contribution in [2.45, 2.75) is 245 Å². The Morgan fingerprint density at radius 1 is 0.250 bits per heavy atom. The van der Waals surface area contributed by atoms with Gasteiger partial charge in [0.25, 0.3) is 6.71 Å². The molecule has 5 heteroatoms. The van der Waals surface area contributed by atoms with Crippen molar-refractivity contribution in [3.8, 4) is 55.9 Å². The van der Waals surface area contributed by atoms with Crippen LogP contribution in [0.25, 0.3) is 99.5 Å². The van der Waals surface area contributed by atoms with Crippen LogP contribution in [0.5, 0.6) is 0 Å². The van der Waals surface area contributed by atoms with Crippen LogP contribution in [-0.2, 0) is 57.6 Å². The third kappa shape index (κ3) is 19.1. The molecule has 0 radical (unpaired) electrons. The number of nitrogens with zero attached hydrogens (tertiary/aromatic N) is 4. The summed E-state index contributed by atoms with van der Waals surface area (Å²) in [6.45, 7) is 55.7. The fraction of sp³-hybridized carbons (Fsp3) is 0.366. The molecule has 0 amide bonds. The fourth-order valence-electron chi connectivity index (χ4n) is 20.0. The molecule has 2 aliphatic rings. The first kappa shape index (κ1) is 71.0. The van der Waals surface area contributed by atoms with Crippen LogP contribution in [0.2, 0.25) is 0 Å². The number of benzene rings is 13. The molecule has 0 spiro atoms. The Bertz CT molecular complexity index is 7130. The minimum Gasteiger partial charge on any atom is -0.310 e. The molecule has 656 valence electrons. The molecule has 0 aliphatic carbocycles. The molecule has 0 bridgehead atoms. The highest BCUT2D eigenvalue weighted by Crippen LogP contribution is 2.56. The summed E-state index contributed by atoms with van der Waals surface area (Å²) in [6.07, 6.45) is -4.53. The van der Waals surface area contributed by atoms with Gasteiger partial charge in [-0.05, 0) is 292 Å². The average molecular weight is 1700 g/mol. The maximum atomic E-state index is 10.7. The monoisotopic (exact) mass is 1700 g/mol. The molecular formula is C123H141BN4. The zero-order chi connectivity index (χ0) is 105. The highest BCUT2D eigenvalue weighted by atomic mass is 15.2. The summed E-state index contributed by atoms with van der Waals surface area (Å²) >= 11 is 0. The molecule has 128 heavy (non-hydrogen) atoms. The predicted octanol–water partition coefficient (Wildman–Crippen LogP) is 32.9. The average Bonchev–Trinajstić information content (AvgIpc) is 0.910. The molecule has 0 atom stereocenters. The third-order valence-corrected chi connectivity index (χ3v) is 23.8. The Labute approximate surface area is 791 Å². The van der Waals surface area contributed by atoms with Crippen LogP contribution >= 0.6 is 0 Å². The van der Waals surface area contributed by atoms with Gasteiger partial charge in [-0.3, -0.25) is 0 Å². The van der Waals surface area contributed by atoms with Crippen molar-refractivity contribution in [1.82, 2.24) is 9.13 Å². The number of anilines is 6. The van der Waals surface area contributed by atoms with Crippen LogP contribution in [0.3, 0.4) is 0 Å². The van der Waals surface area contributed by atoms with E-state index in [-0.39, 0.29) is 67.6 Å². The van der Waals surface area contributed by atoms with Crippen LogP contribution in [0, 0.1) is 48.7 Å². The number of aromatic nitrogens is 2. The molecule has 15 aromatic rings. The molecule has 4 nitrogen and oxygen atoms in total. The lowest BCUT2D eigenvalue weighted by atomic mass is 9.33. The number of para-hydroxylation sites is 2. The van der Waals surface area contributed by atoms with E-state index in [4.69, 9.17) is 0 Å². The standard InChI is InChI=1S/C123H141BN4/c1-115(2,3)70-79-36-32-40-88(56-79)96-62-85(76-121(19,20)21)63-97(89-41-33-37-80(57-89)71-116(4,5)6)113(96)127-108-68-92(125-104-46-30-28-44-94(104)100-60-83(48-54-106(100)125)74-119(13,14)15)50-52-102(108)124-103-53-51-93(126-105-47-31-29-45-95(105)101-61-84(49-55-107(101)126)75-120(16,17)18)69-109(103)128(111-67-87(78-123(25,26)27)66-110(127)112(111)124)114-98(90-42-34-38-81(58-90)72-117(7,8)9)64-86(77-122(22,23)24)65-99(114)91-43-35-39-82(59-91)73-118(10,11)12/h28-69H,70-78H2,1-27H3/i28D,29D,30D,31D,44D,45D,46D,47D,74D2,75D2,76D2,77D2. The second-order valence-corrected chi connectivity index (χ2v) is 47.0. The molecule has 13 aromatic carbocycles. The largest absolute Gasteiger partial charge is 0.310 e. The van der Waals surface area contributed by atoms with Gasteiger partial charge in [0.1, 0.15) is 0 Å². The molecule has 0 N–H and O–H groups in total. The summed E-state index contributed by atoms with van der Waals surface area (Å²) in [5.41, 5.74) is 17.4. The van der Waals surface area contributed by atoms with Crippen molar-refractivity contribution < 1.29 is 21.9 Å². The van der Waals surface area contributed by atoms with Crippen molar-refractivity contribution in [3.05, 3.63) is 305 Å². The lowest BCUT2D eigenvalue weighted by Gasteiger charge is -2.46. The lowest BCUT2D eigenvalue weighted by molar-refractivity contribution is 0.410. The van der Waals surface area contributed by atoms with E-state index in [0.717, 1.165) is 111 Å². The van der Waals surface area contributed by atoms with E-state index >= 15 is 0 Å². The van der Waals surface area contributed by atoms with Gasteiger partial charge in [0.15, 0.2) is 0 Å². The Kier molecular flexibility index (Phi) is 18.1. The number of fused-ring (bicyclic) bond motifs is 10. The van der Waals surface area contributed by atoms with E-state index in [1.807, 2.05) is 116 Å². The first-order chi connectivity index (χ1) is 66.4. The SMILES string of the molecule is [2H]c1c([2H])c([2H])c2c(c1[2H])c1cc(C([2H])([2H])C(C)(C)C)ccc1n2-c1ccc2c(c1)N(c1c(-c3cccc(CC(C)(C)C)c3)cc(C([2H])([2H])C(C)(C)C)cc1-c1cccc(CC(C)(C)C)c1)c1cc(CC(C)(C)C)cc3c1B2c1ccc(-n2c4ccc(C([2H])([2H])C(C)(C)C)cc4c4c([2H])c([2H])c([2H])c([2H])c42)cc1N3c1c(-c2cccc(CC(C)(C)C)c2)cc(C([2H])([2H])C(C)(C)C)cc1-c1cccc(CC(C)(C)C)c1. The van der Waals surface area contributed by atoms with Gasteiger partial charge in [0.2, 0.25) is 0 Å². The summed E-state index contributed by atoms with van der Waals surface area (Å²) in [5.74, 6) is 0. The second kappa shape index (κ2) is 32.6. The molecule has 0 unspecified atom stereocenters. The van der Waals surface area contributed by atoms with E-state index in [0.29, 0.717) is 98.9 Å². The van der Waals surface area contributed by atoms with Gasteiger partial charge in [-0.1, -0.05) is 345 Å². The minimum atomic E-state index is -1.99.